The van der Waals surface area contributed by atoms with Gasteiger partial charge in [-0.2, -0.15) is 5.10 Å². The predicted molar refractivity (Wildman–Crippen MR) is 147 cm³/mol. The summed E-state index contributed by atoms with van der Waals surface area (Å²) in [5.74, 6) is 1.62. The van der Waals surface area contributed by atoms with E-state index in [1.54, 1.807) is 16.8 Å². The highest BCUT2D eigenvalue weighted by Crippen LogP contribution is 2.20. The molecule has 1 atom stereocenters. The average molecular weight is 517 g/mol. The van der Waals surface area contributed by atoms with Crippen LogP contribution in [0.4, 0.5) is 0 Å². The molecule has 9 heteroatoms. The third-order valence-corrected chi connectivity index (χ3v) is 6.23. The molecule has 0 radical (unpaired) electrons. The Morgan fingerprint density at radius 1 is 1.08 bits per heavy atom. The van der Waals surface area contributed by atoms with Crippen LogP contribution in [-0.4, -0.2) is 64.3 Å². The van der Waals surface area contributed by atoms with E-state index in [1.807, 2.05) is 63.2 Å². The number of amides is 2. The number of aromatic nitrogens is 3. The molecule has 200 valence electrons. The van der Waals surface area contributed by atoms with Crippen molar-refractivity contribution < 1.29 is 14.3 Å². The molecule has 0 unspecified atom stereocenters. The first-order valence-electron chi connectivity index (χ1n) is 13.1. The number of nitrogens with zero attached hydrogens (tertiary/aromatic N) is 4. The van der Waals surface area contributed by atoms with Gasteiger partial charge in [0.25, 0.3) is 5.91 Å². The van der Waals surface area contributed by atoms with Crippen LogP contribution in [0.5, 0.6) is 5.75 Å². The molecule has 0 fully saturated rings. The van der Waals surface area contributed by atoms with E-state index in [-0.39, 0.29) is 24.4 Å². The second-order valence-corrected chi connectivity index (χ2v) is 9.67. The molecule has 2 amide bonds. The van der Waals surface area contributed by atoms with Crippen LogP contribution in [0.3, 0.4) is 0 Å². The van der Waals surface area contributed by atoms with Crippen molar-refractivity contribution in [3.63, 3.8) is 0 Å². The summed E-state index contributed by atoms with van der Waals surface area (Å²) in [5, 5.41) is 10.8. The van der Waals surface area contributed by atoms with Gasteiger partial charge in [0.1, 0.15) is 18.2 Å². The molecule has 4 rings (SSSR count). The Hall–Kier alpha value is -3.98. The lowest BCUT2D eigenvalue weighted by Gasteiger charge is -2.22. The molecular formula is C29H36N6O3. The lowest BCUT2D eigenvalue weighted by atomic mass is 10.2. The van der Waals surface area contributed by atoms with E-state index in [4.69, 9.17) is 14.8 Å². The number of hydrogen-bond donors (Lipinski definition) is 2. The summed E-state index contributed by atoms with van der Waals surface area (Å²) in [6, 6.07) is 16.6. The predicted octanol–water partition coefficient (Wildman–Crippen LogP) is 3.60. The Morgan fingerprint density at radius 2 is 1.87 bits per heavy atom. The second kappa shape index (κ2) is 13.0. The van der Waals surface area contributed by atoms with Gasteiger partial charge in [0.05, 0.1) is 19.1 Å². The Labute approximate surface area is 223 Å². The highest BCUT2D eigenvalue weighted by molar-refractivity contribution is 5.94. The fourth-order valence-electron chi connectivity index (χ4n) is 4.23. The molecule has 0 saturated heterocycles. The van der Waals surface area contributed by atoms with E-state index in [2.05, 4.69) is 21.6 Å². The van der Waals surface area contributed by atoms with Crippen LogP contribution in [0.1, 0.15) is 49.4 Å². The first-order valence-corrected chi connectivity index (χ1v) is 13.1. The smallest absolute Gasteiger partial charge is 0.251 e. The van der Waals surface area contributed by atoms with Crippen molar-refractivity contribution in [3.05, 3.63) is 77.6 Å². The standard InChI is InChI=1S/C29H36N6O3/c1-21(2)13-16-34-15-8-14-30-29(37)24-11-7-12-25(19-24)38-18-17-35-28(22(3)31-26(36)20-34)32-27(33-35)23-9-5-4-6-10-23/h4-7,9-13,19,22H,8,14-18,20H2,1-3H3,(H,30,37)(H,31,36)/t22-/m0/s1. The third kappa shape index (κ3) is 7.52. The fraction of sp³-hybridized carbons (Fsp3) is 0.379. The van der Waals surface area contributed by atoms with Crippen molar-refractivity contribution >= 4 is 11.8 Å². The molecule has 2 bridgehead atoms. The summed E-state index contributed by atoms with van der Waals surface area (Å²) >= 11 is 0. The first-order chi connectivity index (χ1) is 18.4. The summed E-state index contributed by atoms with van der Waals surface area (Å²) in [7, 11) is 0. The van der Waals surface area contributed by atoms with Crippen molar-refractivity contribution in [2.45, 2.75) is 39.8 Å². The maximum atomic E-state index is 13.1. The largest absolute Gasteiger partial charge is 0.492 e. The number of nitrogens with one attached hydrogen (secondary N) is 2. The summed E-state index contributed by atoms with van der Waals surface area (Å²) in [6.45, 7) is 8.84. The molecule has 1 aliphatic heterocycles. The normalized spacial score (nSPS) is 17.7. The SMILES string of the molecule is CC(C)=CCN1CCCNC(=O)c2cccc(c2)OCCn2nc(-c3ccccc3)nc2[C@H](C)NC(=O)C1. The maximum Gasteiger partial charge on any atom is 0.251 e. The minimum absolute atomic E-state index is 0.0909. The molecular weight excluding hydrogens is 480 g/mol. The monoisotopic (exact) mass is 516 g/mol. The number of benzene rings is 2. The molecule has 2 heterocycles. The lowest BCUT2D eigenvalue weighted by molar-refractivity contribution is -0.122. The van der Waals surface area contributed by atoms with Gasteiger partial charge in [0.2, 0.25) is 5.91 Å². The van der Waals surface area contributed by atoms with Crippen LogP contribution >= 0.6 is 0 Å². The topological polar surface area (TPSA) is 101 Å². The van der Waals surface area contributed by atoms with E-state index < -0.39 is 0 Å². The van der Waals surface area contributed by atoms with Crippen LogP contribution < -0.4 is 15.4 Å². The molecule has 0 spiro atoms. The van der Waals surface area contributed by atoms with Crippen molar-refractivity contribution in [1.82, 2.24) is 30.3 Å². The number of carbonyl (C=O) groups excluding carboxylic acids is 2. The van der Waals surface area contributed by atoms with Gasteiger partial charge < -0.3 is 15.4 Å². The Morgan fingerprint density at radius 3 is 2.66 bits per heavy atom. The number of allylic oxidation sites excluding steroid dienone is 1. The van der Waals surface area contributed by atoms with Crippen LogP contribution in [0.25, 0.3) is 11.4 Å². The summed E-state index contributed by atoms with van der Waals surface area (Å²) in [4.78, 5) is 32.6. The Kier molecular flexibility index (Phi) is 9.26. The number of hydrogen-bond acceptors (Lipinski definition) is 6. The van der Waals surface area contributed by atoms with Crippen LogP contribution in [0.2, 0.25) is 0 Å². The molecule has 0 aliphatic carbocycles. The molecule has 1 aromatic heterocycles. The highest BCUT2D eigenvalue weighted by atomic mass is 16.5. The second-order valence-electron chi connectivity index (χ2n) is 9.67. The van der Waals surface area contributed by atoms with Gasteiger partial charge in [-0.1, -0.05) is 48.0 Å². The zero-order chi connectivity index (χ0) is 26.9. The summed E-state index contributed by atoms with van der Waals surface area (Å²) in [5.41, 5.74) is 2.64. The van der Waals surface area contributed by atoms with Crippen molar-refractivity contribution in [1.29, 1.82) is 0 Å². The van der Waals surface area contributed by atoms with Gasteiger partial charge in [-0.15, -0.1) is 0 Å². The minimum atomic E-state index is -0.348. The van der Waals surface area contributed by atoms with E-state index >= 15 is 0 Å². The molecule has 3 aromatic rings. The quantitative estimate of drug-likeness (QED) is 0.516. The molecule has 2 aromatic carbocycles. The molecule has 38 heavy (non-hydrogen) atoms. The average Bonchev–Trinajstić information content (AvgIpc) is 3.34. The number of ether oxygens (including phenoxy) is 1. The Bertz CT molecular complexity index is 1270. The zero-order valence-electron chi connectivity index (χ0n) is 22.3. The highest BCUT2D eigenvalue weighted by Gasteiger charge is 2.21. The van der Waals surface area contributed by atoms with E-state index in [1.165, 1.54) is 5.57 Å². The number of carbonyl (C=O) groups is 2. The minimum Gasteiger partial charge on any atom is -0.492 e. The van der Waals surface area contributed by atoms with Crippen molar-refractivity contribution in [3.8, 4) is 17.1 Å². The van der Waals surface area contributed by atoms with Crippen LogP contribution in [0.15, 0.2) is 66.2 Å². The molecule has 2 N–H and O–H groups in total. The van der Waals surface area contributed by atoms with Crippen molar-refractivity contribution in [2.75, 3.05) is 32.8 Å². The van der Waals surface area contributed by atoms with Crippen molar-refractivity contribution in [2.24, 2.45) is 0 Å². The molecule has 9 nitrogen and oxygen atoms in total. The molecule has 1 aliphatic rings. The van der Waals surface area contributed by atoms with E-state index in [0.717, 1.165) is 12.0 Å². The Balaban J connectivity index is 1.61. The third-order valence-electron chi connectivity index (χ3n) is 6.23. The molecule has 0 saturated carbocycles. The zero-order valence-corrected chi connectivity index (χ0v) is 22.3. The van der Waals surface area contributed by atoms with Gasteiger partial charge in [0.15, 0.2) is 5.82 Å². The van der Waals surface area contributed by atoms with Gasteiger partial charge in [-0.3, -0.25) is 14.5 Å². The van der Waals surface area contributed by atoms with Gasteiger partial charge >= 0.3 is 0 Å². The van der Waals surface area contributed by atoms with Crippen LogP contribution in [0, 0.1) is 0 Å². The summed E-state index contributed by atoms with van der Waals surface area (Å²) < 4.78 is 7.75. The van der Waals surface area contributed by atoms with Gasteiger partial charge in [-0.25, -0.2) is 9.67 Å². The first kappa shape index (κ1) is 27.1. The van der Waals surface area contributed by atoms with E-state index in [0.29, 0.717) is 55.7 Å². The summed E-state index contributed by atoms with van der Waals surface area (Å²) in [6.07, 6.45) is 2.83. The van der Waals surface area contributed by atoms with E-state index in [9.17, 15) is 9.59 Å². The van der Waals surface area contributed by atoms with Gasteiger partial charge in [0, 0.05) is 30.8 Å². The fourth-order valence-corrected chi connectivity index (χ4v) is 4.23. The number of fused-ring (bicyclic) bond motifs is 3. The van der Waals surface area contributed by atoms with Crippen LogP contribution in [-0.2, 0) is 11.3 Å². The maximum absolute atomic E-state index is 13.1. The lowest BCUT2D eigenvalue weighted by Crippen LogP contribution is -2.40. The number of rotatable bonds is 3. The van der Waals surface area contributed by atoms with Gasteiger partial charge in [-0.05, 0) is 45.4 Å².